The highest BCUT2D eigenvalue weighted by molar-refractivity contribution is 9.10. The molecule has 0 spiro atoms. The monoisotopic (exact) mass is 397 g/mol. The zero-order valence-corrected chi connectivity index (χ0v) is 14.6. The van der Waals surface area contributed by atoms with Crippen LogP contribution in [-0.4, -0.2) is 32.5 Å². The molecule has 2 rings (SSSR count). The van der Waals surface area contributed by atoms with Crippen molar-refractivity contribution in [3.8, 4) is 0 Å². The summed E-state index contributed by atoms with van der Waals surface area (Å²) in [5, 5.41) is 15.3. The first-order valence-electron chi connectivity index (χ1n) is 6.96. The molecule has 23 heavy (non-hydrogen) atoms. The molecule has 8 heteroatoms. The quantitative estimate of drug-likeness (QED) is 0.527. The standard InChI is InChI=1S/C15H16BrN3O3S/c16-11-3-5-12(6-4-11)23-9-1-2-14(20)17-13-7-8-19(18-13)10-15(21)22/h3-8H,1-2,9-10H2,(H,21,22)(H,17,18,20). The number of hydrogen-bond acceptors (Lipinski definition) is 4. The molecule has 0 saturated carbocycles. The molecule has 0 saturated heterocycles. The summed E-state index contributed by atoms with van der Waals surface area (Å²) in [7, 11) is 0. The van der Waals surface area contributed by atoms with E-state index in [0.29, 0.717) is 12.2 Å². The van der Waals surface area contributed by atoms with Crippen molar-refractivity contribution in [1.82, 2.24) is 9.78 Å². The van der Waals surface area contributed by atoms with E-state index in [1.54, 1.807) is 17.8 Å². The third-order valence-corrected chi connectivity index (χ3v) is 4.46. The number of carbonyl (C=O) groups is 2. The Balaban J connectivity index is 1.67. The summed E-state index contributed by atoms with van der Waals surface area (Å²) in [6.45, 7) is -0.223. The SMILES string of the molecule is O=C(O)Cn1ccc(NC(=O)CCCSc2ccc(Br)cc2)n1. The maximum absolute atomic E-state index is 11.8. The molecule has 2 N–H and O–H groups in total. The highest BCUT2D eigenvalue weighted by Gasteiger charge is 2.06. The number of amides is 1. The van der Waals surface area contributed by atoms with Gasteiger partial charge in [-0.3, -0.25) is 14.3 Å². The Hall–Kier alpha value is -1.80. The first kappa shape index (κ1) is 17.6. The van der Waals surface area contributed by atoms with Crippen LogP contribution in [0.2, 0.25) is 0 Å². The van der Waals surface area contributed by atoms with Crippen LogP contribution in [0.15, 0.2) is 45.9 Å². The number of carbonyl (C=O) groups excluding carboxylic acids is 1. The van der Waals surface area contributed by atoms with E-state index in [4.69, 9.17) is 5.11 Å². The number of aromatic nitrogens is 2. The van der Waals surface area contributed by atoms with Crippen LogP contribution in [0.3, 0.4) is 0 Å². The van der Waals surface area contributed by atoms with Crippen LogP contribution in [0, 0.1) is 0 Å². The largest absolute Gasteiger partial charge is 0.480 e. The van der Waals surface area contributed by atoms with Crippen LogP contribution in [0.25, 0.3) is 0 Å². The van der Waals surface area contributed by atoms with Gasteiger partial charge in [0.25, 0.3) is 0 Å². The maximum Gasteiger partial charge on any atom is 0.325 e. The topological polar surface area (TPSA) is 84.2 Å². The van der Waals surface area contributed by atoms with E-state index in [1.807, 2.05) is 24.3 Å². The molecule has 1 aromatic carbocycles. The second-order valence-electron chi connectivity index (χ2n) is 4.75. The average Bonchev–Trinajstić information content (AvgIpc) is 2.91. The Morgan fingerprint density at radius 1 is 1.26 bits per heavy atom. The molecule has 1 amide bonds. The molecule has 1 heterocycles. The van der Waals surface area contributed by atoms with Gasteiger partial charge in [-0.15, -0.1) is 11.8 Å². The summed E-state index contributed by atoms with van der Waals surface area (Å²) in [6.07, 6.45) is 2.67. The van der Waals surface area contributed by atoms with Crippen molar-refractivity contribution in [3.63, 3.8) is 0 Å². The zero-order chi connectivity index (χ0) is 16.7. The third kappa shape index (κ3) is 6.45. The second kappa shape index (κ2) is 8.73. The molecule has 0 atom stereocenters. The Bertz CT molecular complexity index is 673. The van der Waals surface area contributed by atoms with E-state index < -0.39 is 5.97 Å². The van der Waals surface area contributed by atoms with Crippen molar-refractivity contribution < 1.29 is 14.7 Å². The van der Waals surface area contributed by atoms with E-state index >= 15 is 0 Å². The van der Waals surface area contributed by atoms with Crippen molar-refractivity contribution in [2.45, 2.75) is 24.3 Å². The predicted octanol–water partition coefficient (Wildman–Crippen LogP) is 3.24. The van der Waals surface area contributed by atoms with Crippen LogP contribution in [0.4, 0.5) is 5.82 Å². The summed E-state index contributed by atoms with van der Waals surface area (Å²) >= 11 is 5.09. The lowest BCUT2D eigenvalue weighted by atomic mass is 10.3. The lowest BCUT2D eigenvalue weighted by Gasteiger charge is -2.03. The van der Waals surface area contributed by atoms with Crippen molar-refractivity contribution in [3.05, 3.63) is 41.0 Å². The van der Waals surface area contributed by atoms with Crippen molar-refractivity contribution in [1.29, 1.82) is 0 Å². The smallest absolute Gasteiger partial charge is 0.325 e. The Morgan fingerprint density at radius 2 is 2.00 bits per heavy atom. The second-order valence-corrected chi connectivity index (χ2v) is 6.83. The highest BCUT2D eigenvalue weighted by Crippen LogP contribution is 2.21. The molecule has 0 bridgehead atoms. The first-order chi connectivity index (χ1) is 11.0. The molecular weight excluding hydrogens is 382 g/mol. The average molecular weight is 398 g/mol. The minimum absolute atomic E-state index is 0.123. The molecule has 0 aliphatic rings. The van der Waals surface area contributed by atoms with Crippen LogP contribution < -0.4 is 5.32 Å². The number of nitrogens with zero attached hydrogens (tertiary/aromatic N) is 2. The van der Waals surface area contributed by atoms with E-state index in [-0.39, 0.29) is 12.5 Å². The summed E-state index contributed by atoms with van der Waals surface area (Å²) in [4.78, 5) is 23.5. The number of halogens is 1. The molecule has 0 radical (unpaired) electrons. The van der Waals surface area contributed by atoms with Crippen molar-refractivity contribution in [2.75, 3.05) is 11.1 Å². The minimum Gasteiger partial charge on any atom is -0.480 e. The highest BCUT2D eigenvalue weighted by atomic mass is 79.9. The van der Waals surface area contributed by atoms with Gasteiger partial charge in [-0.25, -0.2) is 0 Å². The van der Waals surface area contributed by atoms with Crippen molar-refractivity contribution >= 4 is 45.4 Å². The number of benzene rings is 1. The third-order valence-electron chi connectivity index (χ3n) is 2.84. The molecule has 0 fully saturated rings. The van der Waals surface area contributed by atoms with E-state index in [2.05, 4.69) is 26.3 Å². The fraction of sp³-hybridized carbons (Fsp3) is 0.267. The number of rotatable bonds is 8. The van der Waals surface area contributed by atoms with Crippen LogP contribution in [0.1, 0.15) is 12.8 Å². The molecule has 1 aromatic heterocycles. The first-order valence-corrected chi connectivity index (χ1v) is 8.74. The van der Waals surface area contributed by atoms with E-state index in [0.717, 1.165) is 16.6 Å². The molecule has 122 valence electrons. The molecular formula is C15H16BrN3O3S. The summed E-state index contributed by atoms with van der Waals surface area (Å²) in [6, 6.07) is 9.62. The van der Waals surface area contributed by atoms with Gasteiger partial charge >= 0.3 is 5.97 Å². The maximum atomic E-state index is 11.8. The van der Waals surface area contributed by atoms with Gasteiger partial charge in [0, 0.05) is 28.1 Å². The van der Waals surface area contributed by atoms with Crippen LogP contribution >= 0.6 is 27.7 Å². The van der Waals surface area contributed by atoms with Gasteiger partial charge < -0.3 is 10.4 Å². The predicted molar refractivity (Wildman–Crippen MR) is 92.6 cm³/mol. The number of carboxylic acid groups (broad SMARTS) is 1. The number of carboxylic acids is 1. The number of nitrogens with one attached hydrogen (secondary N) is 1. The molecule has 0 aliphatic carbocycles. The molecule has 0 aliphatic heterocycles. The number of anilines is 1. The van der Waals surface area contributed by atoms with E-state index in [9.17, 15) is 9.59 Å². The summed E-state index contributed by atoms with van der Waals surface area (Å²) in [5.74, 6) is 0.123. The van der Waals surface area contributed by atoms with Gasteiger partial charge in [-0.2, -0.15) is 5.10 Å². The minimum atomic E-state index is -0.976. The van der Waals surface area contributed by atoms with Gasteiger partial charge in [0.1, 0.15) is 6.54 Å². The molecule has 2 aromatic rings. The van der Waals surface area contributed by atoms with Gasteiger partial charge in [0.05, 0.1) is 0 Å². The molecule has 0 unspecified atom stereocenters. The lowest BCUT2D eigenvalue weighted by Crippen LogP contribution is -2.13. The van der Waals surface area contributed by atoms with Gasteiger partial charge in [-0.1, -0.05) is 15.9 Å². The normalized spacial score (nSPS) is 10.5. The zero-order valence-electron chi connectivity index (χ0n) is 12.2. The van der Waals surface area contributed by atoms with Crippen molar-refractivity contribution in [2.24, 2.45) is 0 Å². The lowest BCUT2D eigenvalue weighted by molar-refractivity contribution is -0.137. The Morgan fingerprint density at radius 3 is 2.70 bits per heavy atom. The van der Waals surface area contributed by atoms with Gasteiger partial charge in [0.2, 0.25) is 5.91 Å². The number of thioether (sulfide) groups is 1. The van der Waals surface area contributed by atoms with Crippen LogP contribution in [-0.2, 0) is 16.1 Å². The van der Waals surface area contributed by atoms with Gasteiger partial charge in [-0.05, 0) is 36.4 Å². The fourth-order valence-corrected chi connectivity index (χ4v) is 2.93. The number of hydrogen-bond donors (Lipinski definition) is 2. The number of aliphatic carboxylic acids is 1. The Kier molecular flexibility index (Phi) is 6.66. The summed E-state index contributed by atoms with van der Waals surface area (Å²) in [5.41, 5.74) is 0. The summed E-state index contributed by atoms with van der Waals surface area (Å²) < 4.78 is 2.31. The fourth-order valence-electron chi connectivity index (χ4n) is 1.81. The molecule has 6 nitrogen and oxygen atoms in total. The Labute approximate surface area is 146 Å². The van der Waals surface area contributed by atoms with E-state index in [1.165, 1.54) is 15.8 Å². The van der Waals surface area contributed by atoms with Crippen LogP contribution in [0.5, 0.6) is 0 Å². The van der Waals surface area contributed by atoms with Gasteiger partial charge in [0.15, 0.2) is 5.82 Å².